The number of aromatic hydroxyl groups is 1. The third-order valence-electron chi connectivity index (χ3n) is 3.66. The van der Waals surface area contributed by atoms with Crippen LogP contribution >= 0.6 is 24.0 Å². The summed E-state index contributed by atoms with van der Waals surface area (Å²) in [7, 11) is 0. The van der Waals surface area contributed by atoms with Crippen molar-refractivity contribution in [2.45, 2.75) is 6.42 Å². The quantitative estimate of drug-likeness (QED) is 0.564. The fourth-order valence-corrected chi connectivity index (χ4v) is 3.66. The van der Waals surface area contributed by atoms with Gasteiger partial charge in [0.05, 0.1) is 23.6 Å². The summed E-state index contributed by atoms with van der Waals surface area (Å²) in [4.78, 5) is 25.1. The number of phenols is 1. The Morgan fingerprint density at radius 2 is 1.81 bits per heavy atom. The Kier molecular flexibility index (Phi) is 5.78. The van der Waals surface area contributed by atoms with Crippen molar-refractivity contribution in [3.05, 3.63) is 59.0 Å². The first kappa shape index (κ1) is 18.9. The van der Waals surface area contributed by atoms with Crippen molar-refractivity contribution in [3.63, 3.8) is 0 Å². The van der Waals surface area contributed by atoms with Gasteiger partial charge in [0.1, 0.15) is 11.5 Å². The highest BCUT2D eigenvalue weighted by molar-refractivity contribution is 8.27. The molecule has 0 unspecified atom stereocenters. The number of ether oxygens (including phenoxy) is 1. The summed E-state index contributed by atoms with van der Waals surface area (Å²) in [5.74, 6) is -0.463. The maximum Gasteiger partial charge on any atom is 0.306 e. The second-order valence-corrected chi connectivity index (χ2v) is 7.27. The van der Waals surface area contributed by atoms with Crippen LogP contribution in [0.5, 0.6) is 11.5 Å². The van der Waals surface area contributed by atoms with E-state index in [9.17, 15) is 14.7 Å². The fraction of sp³-hybridized carbons (Fsp3) is 0.105. The summed E-state index contributed by atoms with van der Waals surface area (Å²) in [6.07, 6.45) is 1.67. The Bertz CT molecular complexity index is 907. The number of aliphatic carboxylic acids is 1. The first-order chi connectivity index (χ1) is 12.9. The van der Waals surface area contributed by atoms with Gasteiger partial charge in [0, 0.05) is 0 Å². The number of hydrogen-bond acceptors (Lipinski definition) is 6. The number of carboxylic acids is 1. The number of benzene rings is 2. The minimum absolute atomic E-state index is 0.0680. The zero-order valence-electron chi connectivity index (χ0n) is 14.0. The van der Waals surface area contributed by atoms with E-state index in [1.165, 1.54) is 28.8 Å². The first-order valence-corrected chi connectivity index (χ1v) is 9.18. The molecule has 0 aliphatic carbocycles. The lowest BCUT2D eigenvalue weighted by Crippen LogP contribution is -2.27. The van der Waals surface area contributed by atoms with Crippen LogP contribution < -0.4 is 9.64 Å². The number of nitrogens with zero attached hydrogens (tertiary/aromatic N) is 1. The van der Waals surface area contributed by atoms with Gasteiger partial charge >= 0.3 is 5.97 Å². The predicted molar refractivity (Wildman–Crippen MR) is 108 cm³/mol. The molecular weight excluding hydrogens is 386 g/mol. The number of thioether (sulfide) groups is 1. The highest BCUT2D eigenvalue weighted by atomic mass is 32.2. The standard InChI is InChI=1S/C19H15NO5S2/c21-14-5-3-13(4-6-14)20-18(24)16(27-19(20)26)11-12-1-7-15(8-2-12)25-10-9-17(22)23/h1-8,11,21H,9-10H2,(H,22,23)/b16-11+. The summed E-state index contributed by atoms with van der Waals surface area (Å²) >= 11 is 6.52. The van der Waals surface area contributed by atoms with Crippen molar-refractivity contribution in [2.75, 3.05) is 11.5 Å². The summed E-state index contributed by atoms with van der Waals surface area (Å²) in [5.41, 5.74) is 1.40. The summed E-state index contributed by atoms with van der Waals surface area (Å²) in [6.45, 7) is 0.0972. The molecule has 2 N–H and O–H groups in total. The Labute approximate surface area is 165 Å². The summed E-state index contributed by atoms with van der Waals surface area (Å²) in [6, 6.07) is 13.3. The monoisotopic (exact) mass is 401 g/mol. The van der Waals surface area contributed by atoms with E-state index in [1.54, 1.807) is 42.5 Å². The molecule has 138 valence electrons. The predicted octanol–water partition coefficient (Wildman–Crippen LogP) is 3.65. The molecule has 1 aliphatic heterocycles. The minimum atomic E-state index is -0.915. The molecule has 0 aromatic heterocycles. The van der Waals surface area contributed by atoms with Gasteiger partial charge < -0.3 is 14.9 Å². The molecule has 0 atom stereocenters. The highest BCUT2D eigenvalue weighted by Gasteiger charge is 2.33. The average Bonchev–Trinajstić information content (AvgIpc) is 2.91. The third-order valence-corrected chi connectivity index (χ3v) is 4.97. The molecule has 1 fully saturated rings. The minimum Gasteiger partial charge on any atom is -0.508 e. The second-order valence-electron chi connectivity index (χ2n) is 5.59. The van der Waals surface area contributed by atoms with Crippen LogP contribution in [0.2, 0.25) is 0 Å². The lowest BCUT2D eigenvalue weighted by molar-refractivity contribution is -0.137. The van der Waals surface area contributed by atoms with Crippen molar-refractivity contribution in [1.29, 1.82) is 0 Å². The molecular formula is C19H15NO5S2. The van der Waals surface area contributed by atoms with E-state index in [2.05, 4.69) is 0 Å². The van der Waals surface area contributed by atoms with Gasteiger partial charge in [0.25, 0.3) is 5.91 Å². The molecule has 0 saturated carbocycles. The van der Waals surface area contributed by atoms with Crippen LogP contribution in [-0.4, -0.2) is 33.0 Å². The zero-order valence-corrected chi connectivity index (χ0v) is 15.6. The fourth-order valence-electron chi connectivity index (χ4n) is 2.36. The molecule has 1 saturated heterocycles. The van der Waals surface area contributed by atoms with Crippen LogP contribution in [0.4, 0.5) is 5.69 Å². The maximum absolute atomic E-state index is 12.7. The van der Waals surface area contributed by atoms with Crippen LogP contribution in [0.15, 0.2) is 53.4 Å². The number of anilines is 1. The van der Waals surface area contributed by atoms with E-state index in [0.717, 1.165) is 5.56 Å². The van der Waals surface area contributed by atoms with Crippen molar-refractivity contribution < 1.29 is 24.5 Å². The number of carbonyl (C=O) groups excluding carboxylic acids is 1. The van der Waals surface area contributed by atoms with Crippen LogP contribution in [0.25, 0.3) is 6.08 Å². The van der Waals surface area contributed by atoms with Gasteiger partial charge in [0.15, 0.2) is 4.32 Å². The number of carbonyl (C=O) groups is 2. The normalized spacial score (nSPS) is 15.4. The van der Waals surface area contributed by atoms with Gasteiger partial charge in [0.2, 0.25) is 0 Å². The van der Waals surface area contributed by atoms with Gasteiger partial charge in [-0.1, -0.05) is 36.1 Å². The molecule has 1 heterocycles. The molecule has 1 amide bonds. The van der Waals surface area contributed by atoms with Crippen LogP contribution in [-0.2, 0) is 9.59 Å². The Balaban J connectivity index is 1.71. The molecule has 0 bridgehead atoms. The third kappa shape index (κ3) is 4.66. The number of carboxylic acid groups (broad SMARTS) is 1. The number of rotatable bonds is 6. The SMILES string of the molecule is O=C(O)CCOc1ccc(/C=C2/SC(=S)N(c3ccc(O)cc3)C2=O)cc1. The van der Waals surface area contributed by atoms with Crippen LogP contribution in [0.1, 0.15) is 12.0 Å². The maximum atomic E-state index is 12.7. The van der Waals surface area contributed by atoms with Crippen molar-refractivity contribution in [3.8, 4) is 11.5 Å². The number of amides is 1. The Morgan fingerprint density at radius 1 is 1.15 bits per heavy atom. The lowest BCUT2D eigenvalue weighted by Gasteiger charge is -2.14. The second kappa shape index (κ2) is 8.24. The number of thiocarbonyl (C=S) groups is 1. The molecule has 0 radical (unpaired) electrons. The van der Waals surface area contributed by atoms with Crippen LogP contribution in [0, 0.1) is 0 Å². The molecule has 3 rings (SSSR count). The molecule has 27 heavy (non-hydrogen) atoms. The highest BCUT2D eigenvalue weighted by Crippen LogP contribution is 2.36. The van der Waals surface area contributed by atoms with Crippen molar-refractivity contribution in [1.82, 2.24) is 0 Å². The summed E-state index contributed by atoms with van der Waals surface area (Å²) < 4.78 is 5.76. The Hall–Kier alpha value is -2.84. The molecule has 2 aromatic rings. The van der Waals surface area contributed by atoms with Gasteiger partial charge in [-0.15, -0.1) is 0 Å². The van der Waals surface area contributed by atoms with E-state index in [4.69, 9.17) is 22.1 Å². The van der Waals surface area contributed by atoms with E-state index in [1.807, 2.05) is 0 Å². The molecule has 0 spiro atoms. The summed E-state index contributed by atoms with van der Waals surface area (Å²) in [5, 5.41) is 18.0. The molecule has 2 aromatic carbocycles. The van der Waals surface area contributed by atoms with E-state index in [0.29, 0.717) is 20.7 Å². The zero-order chi connectivity index (χ0) is 19.4. The van der Waals surface area contributed by atoms with Crippen molar-refractivity contribution >= 4 is 51.9 Å². The van der Waals surface area contributed by atoms with E-state index < -0.39 is 5.97 Å². The largest absolute Gasteiger partial charge is 0.508 e. The topological polar surface area (TPSA) is 87.1 Å². The first-order valence-electron chi connectivity index (χ1n) is 7.96. The average molecular weight is 401 g/mol. The van der Waals surface area contributed by atoms with Gasteiger partial charge in [-0.3, -0.25) is 14.5 Å². The number of hydrogen-bond donors (Lipinski definition) is 2. The number of phenolic OH excluding ortho intramolecular Hbond substituents is 1. The van der Waals surface area contributed by atoms with E-state index >= 15 is 0 Å². The van der Waals surface area contributed by atoms with Gasteiger partial charge in [-0.2, -0.15) is 0 Å². The molecule has 6 nitrogen and oxygen atoms in total. The van der Waals surface area contributed by atoms with Crippen LogP contribution in [0.3, 0.4) is 0 Å². The molecule has 1 aliphatic rings. The van der Waals surface area contributed by atoms with Gasteiger partial charge in [-0.25, -0.2) is 0 Å². The molecule has 8 heteroatoms. The smallest absolute Gasteiger partial charge is 0.306 e. The Morgan fingerprint density at radius 3 is 2.44 bits per heavy atom. The van der Waals surface area contributed by atoms with E-state index in [-0.39, 0.29) is 24.7 Å². The van der Waals surface area contributed by atoms with Crippen molar-refractivity contribution in [2.24, 2.45) is 0 Å². The van der Waals surface area contributed by atoms with Gasteiger partial charge in [-0.05, 0) is 48.0 Å². The lowest BCUT2D eigenvalue weighted by atomic mass is 10.2.